The average Bonchev–Trinajstić information content (AvgIpc) is 3.26. The Morgan fingerprint density at radius 3 is 2.39 bits per heavy atom. The number of hydrogen-bond donors (Lipinski definition) is 1. The third kappa shape index (κ3) is 5.08. The summed E-state index contributed by atoms with van der Waals surface area (Å²) in [6, 6.07) is 26.5. The number of fused-ring (bicyclic) bond motifs is 1. The van der Waals surface area contributed by atoms with E-state index in [0.717, 1.165) is 16.7 Å². The number of para-hydroxylation sites is 1. The van der Waals surface area contributed by atoms with Gasteiger partial charge in [-0.25, -0.2) is 8.42 Å². The van der Waals surface area contributed by atoms with Gasteiger partial charge in [0.05, 0.1) is 22.0 Å². The Morgan fingerprint density at radius 1 is 0.868 bits per heavy atom. The number of nitrogens with zero attached hydrogens (tertiary/aromatic N) is 3. The quantitative estimate of drug-likeness (QED) is 0.272. The highest BCUT2D eigenvalue weighted by atomic mass is 32.2. The standard InChI is InChI=1S/C30H28N4O3S/c1-20-11-14-25(15-12-20)32-33-28-17-21(2)13-16-27(28)31-30(35)24-8-6-9-26(19-24)38(36,37)34-22(3)18-23-7-4-5-10-29(23)34/h4-17,19,22H,18H2,1-3H3,(H,31,35)/t22-/m1/s1. The van der Waals surface area contributed by atoms with Gasteiger partial charge in [-0.05, 0) is 86.8 Å². The van der Waals surface area contributed by atoms with Crippen molar-refractivity contribution in [3.05, 3.63) is 113 Å². The van der Waals surface area contributed by atoms with Crippen molar-refractivity contribution in [1.82, 2.24) is 0 Å². The van der Waals surface area contributed by atoms with Gasteiger partial charge in [-0.3, -0.25) is 9.10 Å². The number of amides is 1. The van der Waals surface area contributed by atoms with Crippen LogP contribution in [0.5, 0.6) is 0 Å². The molecule has 4 aromatic rings. The molecule has 0 aliphatic carbocycles. The molecule has 0 saturated carbocycles. The van der Waals surface area contributed by atoms with Gasteiger partial charge in [-0.1, -0.05) is 48.0 Å². The van der Waals surface area contributed by atoms with E-state index in [2.05, 4.69) is 15.5 Å². The van der Waals surface area contributed by atoms with Gasteiger partial charge in [0, 0.05) is 11.6 Å². The largest absolute Gasteiger partial charge is 0.320 e. The van der Waals surface area contributed by atoms with Gasteiger partial charge in [0.25, 0.3) is 15.9 Å². The molecule has 0 saturated heterocycles. The number of hydrogen-bond acceptors (Lipinski definition) is 5. The van der Waals surface area contributed by atoms with E-state index in [9.17, 15) is 13.2 Å². The fourth-order valence-electron chi connectivity index (χ4n) is 4.56. The van der Waals surface area contributed by atoms with Crippen LogP contribution in [0.3, 0.4) is 0 Å². The van der Waals surface area contributed by atoms with Crippen LogP contribution < -0.4 is 9.62 Å². The molecule has 0 bridgehead atoms. The normalized spacial score (nSPS) is 15.0. The van der Waals surface area contributed by atoms with E-state index in [-0.39, 0.29) is 16.5 Å². The zero-order valence-electron chi connectivity index (χ0n) is 21.4. The smallest absolute Gasteiger partial charge is 0.264 e. The summed E-state index contributed by atoms with van der Waals surface area (Å²) in [4.78, 5) is 13.3. The number of carbonyl (C=O) groups excluding carboxylic acids is 1. The van der Waals surface area contributed by atoms with Crippen molar-refractivity contribution in [2.24, 2.45) is 10.2 Å². The predicted octanol–water partition coefficient (Wildman–Crippen LogP) is 7.11. The summed E-state index contributed by atoms with van der Waals surface area (Å²) >= 11 is 0. The number of sulfonamides is 1. The summed E-state index contributed by atoms with van der Waals surface area (Å²) < 4.78 is 28.7. The van der Waals surface area contributed by atoms with Crippen LogP contribution in [0.1, 0.15) is 34.0 Å². The second-order valence-corrected chi connectivity index (χ2v) is 11.3. The Hall–Kier alpha value is -4.30. The van der Waals surface area contributed by atoms with Crippen LogP contribution in [-0.2, 0) is 16.4 Å². The molecule has 1 atom stereocenters. The minimum absolute atomic E-state index is 0.0666. The summed E-state index contributed by atoms with van der Waals surface area (Å²) in [6.07, 6.45) is 0.642. The number of azo groups is 1. The lowest BCUT2D eigenvalue weighted by Gasteiger charge is -2.24. The third-order valence-corrected chi connectivity index (χ3v) is 8.43. The van der Waals surface area contributed by atoms with E-state index in [1.165, 1.54) is 16.4 Å². The molecule has 7 nitrogen and oxygen atoms in total. The van der Waals surface area contributed by atoms with Gasteiger partial charge in [-0.15, -0.1) is 5.11 Å². The Kier molecular flexibility index (Phi) is 6.82. The van der Waals surface area contributed by atoms with E-state index in [1.807, 2.05) is 81.4 Å². The van der Waals surface area contributed by atoms with Crippen molar-refractivity contribution in [2.75, 3.05) is 9.62 Å². The molecule has 38 heavy (non-hydrogen) atoms. The highest BCUT2D eigenvalue weighted by Gasteiger charge is 2.36. The molecule has 4 aromatic carbocycles. The fraction of sp³-hybridized carbons (Fsp3) is 0.167. The molecule has 0 radical (unpaired) electrons. The van der Waals surface area contributed by atoms with Crippen LogP contribution in [-0.4, -0.2) is 20.4 Å². The first-order valence-corrected chi connectivity index (χ1v) is 13.8. The lowest BCUT2D eigenvalue weighted by molar-refractivity contribution is 0.102. The van der Waals surface area contributed by atoms with Crippen molar-refractivity contribution in [3.8, 4) is 0 Å². The Balaban J connectivity index is 1.41. The van der Waals surface area contributed by atoms with Crippen molar-refractivity contribution >= 4 is 38.7 Å². The van der Waals surface area contributed by atoms with Crippen molar-refractivity contribution in [1.29, 1.82) is 0 Å². The molecule has 0 unspecified atom stereocenters. The minimum atomic E-state index is -3.87. The molecule has 8 heteroatoms. The highest BCUT2D eigenvalue weighted by Crippen LogP contribution is 2.36. The van der Waals surface area contributed by atoms with Gasteiger partial charge in [0.1, 0.15) is 5.69 Å². The topological polar surface area (TPSA) is 91.2 Å². The number of anilines is 2. The predicted molar refractivity (Wildman–Crippen MR) is 150 cm³/mol. The zero-order valence-corrected chi connectivity index (χ0v) is 22.2. The maximum absolute atomic E-state index is 13.6. The molecule has 1 aliphatic heterocycles. The molecule has 5 rings (SSSR count). The van der Waals surface area contributed by atoms with E-state index >= 15 is 0 Å². The van der Waals surface area contributed by atoms with E-state index in [1.54, 1.807) is 18.2 Å². The molecule has 192 valence electrons. The second-order valence-electron chi connectivity index (χ2n) is 9.52. The van der Waals surface area contributed by atoms with Crippen molar-refractivity contribution in [3.63, 3.8) is 0 Å². The monoisotopic (exact) mass is 524 g/mol. The summed E-state index contributed by atoms with van der Waals surface area (Å²) in [7, 11) is -3.87. The lowest BCUT2D eigenvalue weighted by atomic mass is 10.1. The first-order chi connectivity index (χ1) is 18.2. The SMILES string of the molecule is Cc1ccc(N=Nc2cc(C)ccc2NC(=O)c2cccc(S(=O)(=O)N3c4ccccc4C[C@H]3C)c2)cc1. The van der Waals surface area contributed by atoms with Crippen LogP contribution in [0.25, 0.3) is 0 Å². The number of carbonyl (C=O) groups is 1. The molecule has 1 amide bonds. The third-order valence-electron chi connectivity index (χ3n) is 6.51. The van der Waals surface area contributed by atoms with Gasteiger partial charge in [0.2, 0.25) is 0 Å². The van der Waals surface area contributed by atoms with Gasteiger partial charge >= 0.3 is 0 Å². The Labute approximate surface area is 222 Å². The van der Waals surface area contributed by atoms with Gasteiger partial charge in [0.15, 0.2) is 0 Å². The first-order valence-electron chi connectivity index (χ1n) is 12.4. The number of rotatable bonds is 6. The van der Waals surface area contributed by atoms with Crippen LogP contribution >= 0.6 is 0 Å². The Morgan fingerprint density at radius 2 is 1.61 bits per heavy atom. The first kappa shape index (κ1) is 25.4. The number of benzene rings is 4. The maximum atomic E-state index is 13.6. The highest BCUT2D eigenvalue weighted by molar-refractivity contribution is 7.92. The van der Waals surface area contributed by atoms with E-state index < -0.39 is 15.9 Å². The van der Waals surface area contributed by atoms with Crippen LogP contribution in [0, 0.1) is 13.8 Å². The van der Waals surface area contributed by atoms with Crippen LogP contribution in [0.4, 0.5) is 22.7 Å². The summed E-state index contributed by atoms with van der Waals surface area (Å²) in [5.41, 5.74) is 5.67. The van der Waals surface area contributed by atoms with Gasteiger partial charge in [-0.2, -0.15) is 5.11 Å². The van der Waals surface area contributed by atoms with Crippen molar-refractivity contribution in [2.45, 2.75) is 38.1 Å². The van der Waals surface area contributed by atoms with Crippen LogP contribution in [0.15, 0.2) is 106 Å². The zero-order chi connectivity index (χ0) is 26.9. The second kappa shape index (κ2) is 10.2. The van der Waals surface area contributed by atoms with Crippen LogP contribution in [0.2, 0.25) is 0 Å². The van der Waals surface area contributed by atoms with Gasteiger partial charge < -0.3 is 5.32 Å². The summed E-state index contributed by atoms with van der Waals surface area (Å²) in [5, 5.41) is 11.5. The Bertz CT molecular complexity index is 1650. The van der Waals surface area contributed by atoms with E-state index in [0.29, 0.717) is 29.2 Å². The maximum Gasteiger partial charge on any atom is 0.264 e. The number of nitrogens with one attached hydrogen (secondary N) is 1. The average molecular weight is 525 g/mol. The molecular formula is C30H28N4O3S. The van der Waals surface area contributed by atoms with E-state index in [4.69, 9.17) is 0 Å². The molecule has 0 spiro atoms. The summed E-state index contributed by atoms with van der Waals surface area (Å²) in [5.74, 6) is -0.437. The molecule has 0 aromatic heterocycles. The minimum Gasteiger partial charge on any atom is -0.320 e. The lowest BCUT2D eigenvalue weighted by Crippen LogP contribution is -2.35. The van der Waals surface area contributed by atoms with Crippen molar-refractivity contribution < 1.29 is 13.2 Å². The summed E-state index contributed by atoms with van der Waals surface area (Å²) in [6.45, 7) is 5.82. The molecule has 1 heterocycles. The molecular weight excluding hydrogens is 496 g/mol. The molecule has 0 fully saturated rings. The molecule has 1 N–H and O–H groups in total. The number of aryl methyl sites for hydroxylation is 2. The fourth-order valence-corrected chi connectivity index (χ4v) is 6.30. The molecule has 1 aliphatic rings.